The zero-order valence-corrected chi connectivity index (χ0v) is 19.4. The van der Waals surface area contributed by atoms with E-state index in [1.807, 2.05) is 48.6 Å². The van der Waals surface area contributed by atoms with Gasteiger partial charge in [-0.25, -0.2) is 0 Å². The van der Waals surface area contributed by atoms with Crippen LogP contribution in [0.25, 0.3) is 12.2 Å². The molecule has 2 aromatic rings. The van der Waals surface area contributed by atoms with E-state index in [2.05, 4.69) is 0 Å². The predicted molar refractivity (Wildman–Crippen MR) is 127 cm³/mol. The van der Waals surface area contributed by atoms with Crippen molar-refractivity contribution in [3.63, 3.8) is 0 Å². The van der Waals surface area contributed by atoms with E-state index in [4.69, 9.17) is 19.3 Å². The molecular formula is C26H32O7. The van der Waals surface area contributed by atoms with Gasteiger partial charge in [0, 0.05) is 12.5 Å². The van der Waals surface area contributed by atoms with E-state index < -0.39 is 17.4 Å². The highest BCUT2D eigenvalue weighted by atomic mass is 16.5. The third-order valence-electron chi connectivity index (χ3n) is 5.08. The molecule has 2 rings (SSSR count). The molecule has 0 radical (unpaired) electrons. The van der Waals surface area contributed by atoms with Crippen molar-refractivity contribution in [1.82, 2.24) is 0 Å². The largest absolute Gasteiger partial charge is 0.497 e. The topological polar surface area (TPSA) is 102 Å². The van der Waals surface area contributed by atoms with Crippen LogP contribution in [0.15, 0.2) is 42.5 Å². The van der Waals surface area contributed by atoms with Gasteiger partial charge in [-0.3, -0.25) is 9.59 Å². The lowest BCUT2D eigenvalue weighted by Gasteiger charge is -2.18. The van der Waals surface area contributed by atoms with Crippen molar-refractivity contribution in [2.24, 2.45) is 5.41 Å². The number of benzene rings is 2. The molecule has 0 amide bonds. The van der Waals surface area contributed by atoms with Crippen molar-refractivity contribution >= 4 is 24.1 Å². The van der Waals surface area contributed by atoms with Gasteiger partial charge in [0.25, 0.3) is 0 Å². The lowest BCUT2D eigenvalue weighted by atomic mass is 9.88. The van der Waals surface area contributed by atoms with E-state index >= 15 is 0 Å². The smallest absolute Gasteiger partial charge is 0.309 e. The Bertz CT molecular complexity index is 946. The number of carboxylic acids is 2. The summed E-state index contributed by atoms with van der Waals surface area (Å²) < 4.78 is 16.8. The quantitative estimate of drug-likeness (QED) is 0.291. The Labute approximate surface area is 194 Å². The van der Waals surface area contributed by atoms with Crippen LogP contribution in [0, 0.1) is 5.41 Å². The van der Waals surface area contributed by atoms with E-state index in [0.29, 0.717) is 49.7 Å². The van der Waals surface area contributed by atoms with Gasteiger partial charge in [0.15, 0.2) is 0 Å². The molecule has 0 unspecified atom stereocenters. The first kappa shape index (κ1) is 25.8. The van der Waals surface area contributed by atoms with Crippen LogP contribution in [-0.2, 0) is 9.59 Å². The molecule has 0 aliphatic rings. The van der Waals surface area contributed by atoms with Crippen LogP contribution in [0.2, 0.25) is 0 Å². The average Bonchev–Trinajstić information content (AvgIpc) is 2.78. The Kier molecular flexibility index (Phi) is 9.79. The Morgan fingerprint density at radius 3 is 2.09 bits per heavy atom. The van der Waals surface area contributed by atoms with E-state index in [-0.39, 0.29) is 6.42 Å². The first-order valence-corrected chi connectivity index (χ1v) is 10.9. The zero-order valence-electron chi connectivity index (χ0n) is 19.4. The molecule has 0 heterocycles. The van der Waals surface area contributed by atoms with Gasteiger partial charge in [0.05, 0.1) is 25.7 Å². The molecule has 0 fully saturated rings. The Morgan fingerprint density at radius 2 is 1.45 bits per heavy atom. The van der Waals surface area contributed by atoms with Gasteiger partial charge in [0.2, 0.25) is 0 Å². The van der Waals surface area contributed by atoms with Crippen LogP contribution < -0.4 is 14.2 Å². The summed E-state index contributed by atoms with van der Waals surface area (Å²) in [7, 11) is 1.59. The Balaban J connectivity index is 1.94. The maximum atomic E-state index is 11.2. The highest BCUT2D eigenvalue weighted by Gasteiger charge is 2.26. The lowest BCUT2D eigenvalue weighted by Crippen LogP contribution is -2.24. The fourth-order valence-electron chi connectivity index (χ4n) is 2.98. The van der Waals surface area contributed by atoms with Gasteiger partial charge in [0.1, 0.15) is 17.2 Å². The molecule has 0 aromatic heterocycles. The molecule has 7 heteroatoms. The third kappa shape index (κ3) is 9.27. The van der Waals surface area contributed by atoms with Gasteiger partial charge in [-0.05, 0) is 68.5 Å². The predicted octanol–water partition coefficient (Wildman–Crippen LogP) is 5.38. The average molecular weight is 457 g/mol. The second-order valence-electron chi connectivity index (χ2n) is 8.33. The SMILES string of the molecule is COc1cc(/C=C/c2ccc(OCCCC(=O)O)cc2)cc(OCCCC(C)(C)C(=O)O)c1. The highest BCUT2D eigenvalue weighted by Crippen LogP contribution is 2.26. The number of aliphatic carboxylic acids is 2. The van der Waals surface area contributed by atoms with Crippen molar-refractivity contribution < 1.29 is 34.0 Å². The summed E-state index contributed by atoms with van der Waals surface area (Å²) in [5.74, 6) is 0.387. The molecule has 2 aromatic carbocycles. The van der Waals surface area contributed by atoms with Crippen molar-refractivity contribution in [3.05, 3.63) is 53.6 Å². The van der Waals surface area contributed by atoms with Gasteiger partial charge in [-0.1, -0.05) is 24.3 Å². The molecule has 0 aliphatic carbocycles. The molecule has 2 N–H and O–H groups in total. The fourth-order valence-corrected chi connectivity index (χ4v) is 2.98. The second-order valence-corrected chi connectivity index (χ2v) is 8.33. The maximum absolute atomic E-state index is 11.2. The molecule has 0 saturated heterocycles. The summed E-state index contributed by atoms with van der Waals surface area (Å²) in [6, 6.07) is 13.1. The van der Waals surface area contributed by atoms with Crippen LogP contribution in [0.5, 0.6) is 17.2 Å². The molecule has 0 spiro atoms. The molecule has 0 atom stereocenters. The highest BCUT2D eigenvalue weighted by molar-refractivity contribution is 5.73. The molecule has 0 saturated carbocycles. The zero-order chi connectivity index (χ0) is 24.3. The molecule has 33 heavy (non-hydrogen) atoms. The minimum Gasteiger partial charge on any atom is -0.497 e. The summed E-state index contributed by atoms with van der Waals surface area (Å²) in [5.41, 5.74) is 1.11. The molecule has 0 aliphatic heterocycles. The maximum Gasteiger partial charge on any atom is 0.309 e. The van der Waals surface area contributed by atoms with Crippen LogP contribution in [0.1, 0.15) is 50.7 Å². The monoisotopic (exact) mass is 456 g/mol. The number of hydrogen-bond donors (Lipinski definition) is 2. The summed E-state index contributed by atoms with van der Waals surface area (Å²) in [5, 5.41) is 17.9. The van der Waals surface area contributed by atoms with Crippen molar-refractivity contribution in [2.45, 2.75) is 39.5 Å². The van der Waals surface area contributed by atoms with Gasteiger partial charge < -0.3 is 24.4 Å². The molecule has 178 valence electrons. The minimum atomic E-state index is -0.827. The summed E-state index contributed by atoms with van der Waals surface area (Å²) >= 11 is 0. The summed E-state index contributed by atoms with van der Waals surface area (Å²) in [6.07, 6.45) is 5.63. The second kappa shape index (κ2) is 12.5. The van der Waals surface area contributed by atoms with E-state index in [1.54, 1.807) is 27.0 Å². The van der Waals surface area contributed by atoms with Crippen molar-refractivity contribution in [3.8, 4) is 17.2 Å². The first-order valence-electron chi connectivity index (χ1n) is 10.9. The van der Waals surface area contributed by atoms with Crippen LogP contribution in [0.4, 0.5) is 0 Å². The van der Waals surface area contributed by atoms with E-state index in [9.17, 15) is 14.7 Å². The van der Waals surface area contributed by atoms with Crippen molar-refractivity contribution in [2.75, 3.05) is 20.3 Å². The van der Waals surface area contributed by atoms with Crippen LogP contribution in [0.3, 0.4) is 0 Å². The summed E-state index contributed by atoms with van der Waals surface area (Å²) in [4.78, 5) is 21.7. The number of methoxy groups -OCH3 is 1. The minimum absolute atomic E-state index is 0.0907. The third-order valence-corrected chi connectivity index (χ3v) is 5.08. The first-order chi connectivity index (χ1) is 15.7. The number of hydrogen-bond acceptors (Lipinski definition) is 5. The normalized spacial score (nSPS) is 11.4. The number of carboxylic acid groups (broad SMARTS) is 2. The van der Waals surface area contributed by atoms with E-state index in [0.717, 1.165) is 11.1 Å². The Morgan fingerprint density at radius 1 is 0.848 bits per heavy atom. The molecular weight excluding hydrogens is 424 g/mol. The standard InChI is InChI=1S/C26H32O7/c1-26(2,25(29)30)13-5-15-33-23-17-20(16-22(18-23)31-3)8-7-19-9-11-21(12-10-19)32-14-4-6-24(27)28/h7-12,16-18H,4-6,13-15H2,1-3H3,(H,27,28)(H,29,30)/b8-7+. The molecule has 7 nitrogen and oxygen atoms in total. The fraction of sp³-hybridized carbons (Fsp3) is 0.385. The molecule has 0 bridgehead atoms. The lowest BCUT2D eigenvalue weighted by molar-refractivity contribution is -0.147. The number of rotatable bonds is 14. The van der Waals surface area contributed by atoms with Gasteiger partial charge in [-0.15, -0.1) is 0 Å². The van der Waals surface area contributed by atoms with Gasteiger partial charge in [-0.2, -0.15) is 0 Å². The number of ether oxygens (including phenoxy) is 3. The number of carbonyl (C=O) groups is 2. The Hall–Kier alpha value is -3.48. The van der Waals surface area contributed by atoms with Crippen LogP contribution in [-0.4, -0.2) is 42.5 Å². The summed E-state index contributed by atoms with van der Waals surface area (Å²) in [6.45, 7) is 4.20. The van der Waals surface area contributed by atoms with Crippen LogP contribution >= 0.6 is 0 Å². The van der Waals surface area contributed by atoms with Crippen molar-refractivity contribution in [1.29, 1.82) is 0 Å². The van der Waals surface area contributed by atoms with E-state index in [1.165, 1.54) is 0 Å². The van der Waals surface area contributed by atoms with Gasteiger partial charge >= 0.3 is 11.9 Å².